The molecule has 0 bridgehead atoms. The Bertz CT molecular complexity index is 1210. The predicted octanol–water partition coefficient (Wildman–Crippen LogP) is 2.72. The number of hydrogen-bond donors (Lipinski definition) is 3. The fourth-order valence-corrected chi connectivity index (χ4v) is 3.10. The Morgan fingerprint density at radius 3 is 2.34 bits per heavy atom. The second-order valence-corrected chi connectivity index (χ2v) is 8.33. The van der Waals surface area contributed by atoms with E-state index in [1.165, 1.54) is 18.5 Å². The van der Waals surface area contributed by atoms with Crippen molar-refractivity contribution in [2.75, 3.05) is 19.4 Å². The molecule has 0 saturated heterocycles. The molecule has 0 amide bonds. The van der Waals surface area contributed by atoms with Crippen LogP contribution in [0, 0.1) is 0 Å². The van der Waals surface area contributed by atoms with Crippen LogP contribution >= 0.6 is 0 Å². The number of primary sulfonamides is 1. The van der Waals surface area contributed by atoms with Gasteiger partial charge in [0.2, 0.25) is 10.0 Å². The highest BCUT2D eigenvalue weighted by Crippen LogP contribution is 2.27. The van der Waals surface area contributed by atoms with Gasteiger partial charge in [0, 0.05) is 17.6 Å². The Morgan fingerprint density at radius 1 is 1.16 bits per heavy atom. The van der Waals surface area contributed by atoms with Crippen molar-refractivity contribution < 1.29 is 31.5 Å². The number of halogens is 3. The number of anilines is 2. The number of carbonyl (C=O) groups is 1. The minimum Gasteiger partial charge on any atom is -0.475 e. The Balaban J connectivity index is 0.000000451. The Hall–Kier alpha value is -3.29. The van der Waals surface area contributed by atoms with Gasteiger partial charge < -0.3 is 15.3 Å². The quantitative estimate of drug-likeness (QED) is 0.516. The molecule has 0 spiro atoms. The van der Waals surface area contributed by atoms with Crippen molar-refractivity contribution in [3.8, 4) is 0 Å². The zero-order chi connectivity index (χ0) is 24.1. The first-order valence-corrected chi connectivity index (χ1v) is 10.4. The summed E-state index contributed by atoms with van der Waals surface area (Å²) in [5, 5.41) is 16.5. The number of nitrogens with two attached hydrogens (primary N) is 1. The molecular formula is C19H20F3N5O4S. The lowest BCUT2D eigenvalue weighted by molar-refractivity contribution is -0.192. The van der Waals surface area contributed by atoms with Gasteiger partial charge >= 0.3 is 12.1 Å². The number of alkyl halides is 3. The van der Waals surface area contributed by atoms with Crippen molar-refractivity contribution >= 4 is 38.4 Å². The molecule has 9 nitrogen and oxygen atoms in total. The number of aliphatic carboxylic acids is 1. The van der Waals surface area contributed by atoms with Gasteiger partial charge in [0.05, 0.1) is 10.4 Å². The number of nitrogens with one attached hydrogen (secondary N) is 1. The third kappa shape index (κ3) is 6.87. The van der Waals surface area contributed by atoms with Crippen LogP contribution in [-0.2, 0) is 21.4 Å². The highest BCUT2D eigenvalue weighted by Gasteiger charge is 2.38. The highest BCUT2D eigenvalue weighted by molar-refractivity contribution is 7.89. The second kappa shape index (κ2) is 9.89. The number of nitrogens with zero attached hydrogens (tertiary/aromatic N) is 3. The van der Waals surface area contributed by atoms with Gasteiger partial charge in [0.15, 0.2) is 0 Å². The molecule has 0 fully saturated rings. The van der Waals surface area contributed by atoms with Gasteiger partial charge in [-0.2, -0.15) is 13.2 Å². The standard InChI is InChI=1S/C17H19N5O2S.C2HF3O2/c1-22(2)10-12-7-8-13(25(18,23)24)9-16(12)21-17-14-5-3-4-6-15(14)19-11-20-17;3-2(4,5)1(6)7/h3-9,11H,10H2,1-2H3,(H2,18,23,24)(H,19,20,21);(H,6,7). The number of benzene rings is 2. The molecule has 3 aromatic rings. The summed E-state index contributed by atoms with van der Waals surface area (Å²) in [5.74, 6) is -2.15. The average Bonchev–Trinajstić information content (AvgIpc) is 2.68. The number of hydrogen-bond acceptors (Lipinski definition) is 7. The number of carboxylic acids is 1. The van der Waals surface area contributed by atoms with E-state index in [9.17, 15) is 21.6 Å². The van der Waals surface area contributed by atoms with E-state index in [-0.39, 0.29) is 4.90 Å². The molecule has 4 N–H and O–H groups in total. The topological polar surface area (TPSA) is 139 Å². The largest absolute Gasteiger partial charge is 0.490 e. The summed E-state index contributed by atoms with van der Waals surface area (Å²) in [6, 6.07) is 12.4. The summed E-state index contributed by atoms with van der Waals surface area (Å²) in [6.07, 6.45) is -3.61. The van der Waals surface area contributed by atoms with Crippen LogP contribution in [0.15, 0.2) is 53.7 Å². The molecule has 32 heavy (non-hydrogen) atoms. The third-order valence-electron chi connectivity index (χ3n) is 3.93. The van der Waals surface area contributed by atoms with Gasteiger partial charge in [0.1, 0.15) is 12.1 Å². The molecule has 0 aliphatic carbocycles. The predicted molar refractivity (Wildman–Crippen MR) is 112 cm³/mol. The van der Waals surface area contributed by atoms with Crippen LogP contribution in [-0.4, -0.2) is 54.6 Å². The Kier molecular flexibility index (Phi) is 7.72. The molecule has 172 valence electrons. The number of aromatic nitrogens is 2. The molecule has 0 saturated carbocycles. The van der Waals surface area contributed by atoms with E-state index in [1.807, 2.05) is 43.3 Å². The molecule has 0 aliphatic heterocycles. The zero-order valence-electron chi connectivity index (χ0n) is 17.0. The van der Waals surface area contributed by atoms with E-state index in [1.54, 1.807) is 6.07 Å². The molecule has 2 aromatic carbocycles. The number of rotatable bonds is 5. The maximum atomic E-state index is 11.7. The first-order valence-electron chi connectivity index (χ1n) is 8.86. The monoisotopic (exact) mass is 471 g/mol. The first kappa shape index (κ1) is 25.0. The average molecular weight is 471 g/mol. The molecule has 1 heterocycles. The lowest BCUT2D eigenvalue weighted by Crippen LogP contribution is -2.21. The fraction of sp³-hybridized carbons (Fsp3) is 0.211. The molecule has 1 aromatic heterocycles. The van der Waals surface area contributed by atoms with Gasteiger partial charge in [-0.3, -0.25) is 0 Å². The van der Waals surface area contributed by atoms with Crippen LogP contribution in [0.4, 0.5) is 24.7 Å². The van der Waals surface area contributed by atoms with Crippen LogP contribution in [0.2, 0.25) is 0 Å². The van der Waals surface area contributed by atoms with Gasteiger partial charge in [-0.25, -0.2) is 28.3 Å². The van der Waals surface area contributed by atoms with Crippen LogP contribution in [0.25, 0.3) is 10.9 Å². The summed E-state index contributed by atoms with van der Waals surface area (Å²) in [4.78, 5) is 19.5. The molecule has 0 radical (unpaired) electrons. The number of para-hydroxylation sites is 1. The first-order chi connectivity index (χ1) is 14.8. The maximum absolute atomic E-state index is 11.7. The Labute approximate surface area is 181 Å². The summed E-state index contributed by atoms with van der Waals surface area (Å²) in [6.45, 7) is 0.635. The normalized spacial score (nSPS) is 11.7. The fourth-order valence-electron chi connectivity index (χ4n) is 2.56. The van der Waals surface area contributed by atoms with E-state index < -0.39 is 22.2 Å². The van der Waals surface area contributed by atoms with Gasteiger partial charge in [-0.1, -0.05) is 18.2 Å². The molecule has 0 atom stereocenters. The van der Waals surface area contributed by atoms with Crippen LogP contribution < -0.4 is 10.5 Å². The Morgan fingerprint density at radius 2 is 1.78 bits per heavy atom. The van der Waals surface area contributed by atoms with Crippen molar-refractivity contribution in [1.29, 1.82) is 0 Å². The number of carboxylic acid groups (broad SMARTS) is 1. The molecule has 0 aliphatic rings. The lowest BCUT2D eigenvalue weighted by atomic mass is 10.1. The lowest BCUT2D eigenvalue weighted by Gasteiger charge is -2.17. The summed E-state index contributed by atoms with van der Waals surface area (Å²) in [5.41, 5.74) is 2.38. The van der Waals surface area contributed by atoms with Gasteiger partial charge in [-0.15, -0.1) is 0 Å². The van der Waals surface area contributed by atoms with Crippen LogP contribution in [0.1, 0.15) is 5.56 Å². The van der Waals surface area contributed by atoms with Crippen molar-refractivity contribution in [3.63, 3.8) is 0 Å². The number of sulfonamides is 1. The van der Waals surface area contributed by atoms with Gasteiger partial charge in [0.25, 0.3) is 0 Å². The minimum absolute atomic E-state index is 0.0517. The van der Waals surface area contributed by atoms with Crippen molar-refractivity contribution in [3.05, 3.63) is 54.4 Å². The summed E-state index contributed by atoms with van der Waals surface area (Å²) >= 11 is 0. The molecule has 13 heteroatoms. The highest BCUT2D eigenvalue weighted by atomic mass is 32.2. The molecule has 3 rings (SSSR count). The molecular weight excluding hydrogens is 451 g/mol. The van der Waals surface area contributed by atoms with Crippen LogP contribution in [0.5, 0.6) is 0 Å². The zero-order valence-corrected chi connectivity index (χ0v) is 17.8. The molecule has 0 unspecified atom stereocenters. The van der Waals surface area contributed by atoms with E-state index >= 15 is 0 Å². The number of fused-ring (bicyclic) bond motifs is 1. The van der Waals surface area contributed by atoms with E-state index in [4.69, 9.17) is 15.0 Å². The maximum Gasteiger partial charge on any atom is 0.490 e. The van der Waals surface area contributed by atoms with Crippen molar-refractivity contribution in [2.24, 2.45) is 5.14 Å². The SMILES string of the molecule is CN(C)Cc1ccc(S(N)(=O)=O)cc1Nc1ncnc2ccccc12.O=C(O)C(F)(F)F. The van der Waals surface area contributed by atoms with E-state index in [0.717, 1.165) is 16.5 Å². The van der Waals surface area contributed by atoms with E-state index in [0.29, 0.717) is 18.1 Å². The van der Waals surface area contributed by atoms with Crippen molar-refractivity contribution in [1.82, 2.24) is 14.9 Å². The van der Waals surface area contributed by atoms with Crippen molar-refractivity contribution in [2.45, 2.75) is 17.6 Å². The van der Waals surface area contributed by atoms with Crippen LogP contribution in [0.3, 0.4) is 0 Å². The minimum atomic E-state index is -5.08. The summed E-state index contributed by atoms with van der Waals surface area (Å²) in [7, 11) is 0.0921. The van der Waals surface area contributed by atoms with Gasteiger partial charge in [-0.05, 0) is 43.9 Å². The summed E-state index contributed by atoms with van der Waals surface area (Å²) < 4.78 is 55.1. The third-order valence-corrected chi connectivity index (χ3v) is 4.85. The van der Waals surface area contributed by atoms with E-state index in [2.05, 4.69) is 15.3 Å². The second-order valence-electron chi connectivity index (χ2n) is 6.77. The smallest absolute Gasteiger partial charge is 0.475 e.